The summed E-state index contributed by atoms with van der Waals surface area (Å²) in [5.41, 5.74) is 0.366. The molecule has 0 atom stereocenters. The first-order valence-electron chi connectivity index (χ1n) is 15.7. The van der Waals surface area contributed by atoms with Crippen LogP contribution in [0, 0.1) is 6.57 Å². The number of rotatable bonds is 19. The van der Waals surface area contributed by atoms with Gasteiger partial charge in [0.05, 0.1) is 44.9 Å². The van der Waals surface area contributed by atoms with Gasteiger partial charge in [-0.1, -0.05) is 119 Å². The van der Waals surface area contributed by atoms with Gasteiger partial charge < -0.3 is 10.4 Å². The molecule has 0 radical (unpaired) electrons. The summed E-state index contributed by atoms with van der Waals surface area (Å²) in [6.07, 6.45) is 17.2. The summed E-state index contributed by atoms with van der Waals surface area (Å²) in [7, 11) is -4.15. The average molecular weight is 725 g/mol. The molecule has 0 aliphatic rings. The number of hydrogen-bond donors (Lipinski definition) is 3. The summed E-state index contributed by atoms with van der Waals surface area (Å²) >= 11 is 18.7. The van der Waals surface area contributed by atoms with Crippen molar-refractivity contribution in [2.45, 2.75) is 102 Å². The first-order valence-corrected chi connectivity index (χ1v) is 18.4. The number of benzene rings is 2. The number of nitrogens with two attached hydrogens (primary N) is 1. The number of aromatic hydroxyl groups is 1. The molecular weight excluding hydrogens is 685 g/mol. The van der Waals surface area contributed by atoms with E-state index < -0.39 is 10.0 Å². The zero-order chi connectivity index (χ0) is 34.4. The van der Waals surface area contributed by atoms with E-state index in [1.165, 1.54) is 82.2 Å². The molecule has 0 bridgehead atoms. The summed E-state index contributed by atoms with van der Waals surface area (Å²) in [5.74, 6) is -0.623. The Morgan fingerprint density at radius 1 is 0.915 bits per heavy atom. The number of carbonyl (C=O) groups is 1. The van der Waals surface area contributed by atoms with Crippen LogP contribution in [0.1, 0.15) is 96.8 Å². The molecule has 0 fully saturated rings. The lowest BCUT2D eigenvalue weighted by molar-refractivity contribution is -0.116. The predicted molar refractivity (Wildman–Crippen MR) is 187 cm³/mol. The molecule has 4 N–H and O–H groups in total. The van der Waals surface area contributed by atoms with Gasteiger partial charge in [-0.05, 0) is 30.7 Å². The highest BCUT2D eigenvalue weighted by Gasteiger charge is 2.21. The predicted octanol–water partition coefficient (Wildman–Crippen LogP) is 10.6. The first kappa shape index (κ1) is 38.2. The number of aromatic nitrogens is 2. The number of sulfonamides is 1. The van der Waals surface area contributed by atoms with Crippen LogP contribution in [-0.4, -0.2) is 29.2 Å². The monoisotopic (exact) mass is 723 g/mol. The third kappa shape index (κ3) is 11.8. The van der Waals surface area contributed by atoms with E-state index in [9.17, 15) is 18.3 Å². The van der Waals surface area contributed by atoms with Crippen molar-refractivity contribution in [2.75, 3.05) is 5.32 Å². The standard InChI is InChI=1S/C32H40Cl3N7O4S/c1-3-4-5-6-7-8-9-10-11-12-13-14-15-16-30(43)39-26-18-22(17-25(35)31(26)44)40-41-32-27(37-2)21-38-42(32)28-19-24(34)29(20-23(28)33)47(36,45)46/h17-21,44H,3-16H2,1H3,(H,39,43)(H2,36,45,46). The lowest BCUT2D eigenvalue weighted by atomic mass is 10.0. The number of nitrogens with zero attached hydrogens (tertiary/aromatic N) is 5. The van der Waals surface area contributed by atoms with E-state index in [1.807, 2.05) is 0 Å². The third-order valence-corrected chi connectivity index (χ3v) is 9.44. The maximum atomic E-state index is 12.6. The van der Waals surface area contributed by atoms with Crippen molar-refractivity contribution in [3.05, 3.63) is 56.9 Å². The van der Waals surface area contributed by atoms with Crippen LogP contribution in [0.25, 0.3) is 10.5 Å². The van der Waals surface area contributed by atoms with E-state index >= 15 is 0 Å². The van der Waals surface area contributed by atoms with E-state index in [0.29, 0.717) is 6.42 Å². The Balaban J connectivity index is 1.59. The van der Waals surface area contributed by atoms with Gasteiger partial charge >= 0.3 is 0 Å². The molecule has 0 aliphatic carbocycles. The Kier molecular flexibility index (Phi) is 15.4. The second-order valence-electron chi connectivity index (χ2n) is 11.2. The second-order valence-corrected chi connectivity index (χ2v) is 14.0. The maximum absolute atomic E-state index is 12.6. The number of halogens is 3. The number of anilines is 1. The molecule has 0 saturated heterocycles. The minimum absolute atomic E-state index is 0.00710. The number of phenols is 1. The van der Waals surface area contributed by atoms with Crippen molar-refractivity contribution in [3.8, 4) is 11.4 Å². The summed E-state index contributed by atoms with van der Waals surface area (Å²) < 4.78 is 24.8. The van der Waals surface area contributed by atoms with Gasteiger partial charge in [0.25, 0.3) is 5.69 Å². The first-order chi connectivity index (χ1) is 22.5. The van der Waals surface area contributed by atoms with Crippen LogP contribution in [0.3, 0.4) is 0 Å². The van der Waals surface area contributed by atoms with Crippen molar-refractivity contribution in [2.24, 2.45) is 15.4 Å². The maximum Gasteiger partial charge on any atom is 0.252 e. The van der Waals surface area contributed by atoms with Gasteiger partial charge in [-0.25, -0.2) is 23.1 Å². The zero-order valence-corrected chi connectivity index (χ0v) is 29.4. The fourth-order valence-corrected chi connectivity index (χ4v) is 6.55. The van der Waals surface area contributed by atoms with E-state index in [0.717, 1.165) is 36.4 Å². The van der Waals surface area contributed by atoms with Crippen molar-refractivity contribution < 1.29 is 18.3 Å². The van der Waals surface area contributed by atoms with Gasteiger partial charge in [0.15, 0.2) is 11.6 Å². The van der Waals surface area contributed by atoms with E-state index in [1.54, 1.807) is 0 Å². The highest BCUT2D eigenvalue weighted by Crippen LogP contribution is 2.39. The molecule has 2 aromatic carbocycles. The molecule has 3 rings (SSSR count). The van der Waals surface area contributed by atoms with Crippen LogP contribution in [0.5, 0.6) is 5.75 Å². The molecule has 0 saturated carbocycles. The van der Waals surface area contributed by atoms with Gasteiger partial charge in [-0.3, -0.25) is 4.79 Å². The molecule has 1 aromatic heterocycles. The van der Waals surface area contributed by atoms with Crippen molar-refractivity contribution in [3.63, 3.8) is 0 Å². The number of nitrogens with one attached hydrogen (secondary N) is 1. The fraction of sp³-hybridized carbons (Fsp3) is 0.469. The Labute approximate surface area is 291 Å². The second kappa shape index (κ2) is 19.0. The van der Waals surface area contributed by atoms with E-state index in [4.69, 9.17) is 46.5 Å². The van der Waals surface area contributed by atoms with E-state index in [2.05, 4.69) is 32.4 Å². The largest absolute Gasteiger partial charge is 0.504 e. The highest BCUT2D eigenvalue weighted by atomic mass is 35.5. The molecule has 0 aliphatic heterocycles. The lowest BCUT2D eigenvalue weighted by Gasteiger charge is -2.11. The summed E-state index contributed by atoms with van der Waals surface area (Å²) in [4.78, 5) is 15.7. The molecule has 11 nitrogen and oxygen atoms in total. The van der Waals surface area contributed by atoms with Crippen LogP contribution in [0.4, 0.5) is 22.9 Å². The van der Waals surface area contributed by atoms with Gasteiger partial charge in [0.2, 0.25) is 15.9 Å². The van der Waals surface area contributed by atoms with Gasteiger partial charge in [-0.2, -0.15) is 10.2 Å². The Morgan fingerprint density at radius 3 is 2.09 bits per heavy atom. The molecule has 47 heavy (non-hydrogen) atoms. The minimum atomic E-state index is -4.15. The van der Waals surface area contributed by atoms with Crippen molar-refractivity contribution >= 4 is 73.6 Å². The van der Waals surface area contributed by atoms with E-state index in [-0.39, 0.29) is 60.2 Å². The Hall–Kier alpha value is -3.21. The topological polar surface area (TPSA) is 156 Å². The third-order valence-electron chi connectivity index (χ3n) is 7.47. The molecule has 254 valence electrons. The number of unbranched alkanes of at least 4 members (excludes halogenated alkanes) is 12. The van der Waals surface area contributed by atoms with Gasteiger partial charge in [-0.15, -0.1) is 5.11 Å². The number of phenolic OH excluding ortho intramolecular Hbond substituents is 1. The molecule has 3 aromatic rings. The molecule has 15 heteroatoms. The van der Waals surface area contributed by atoms with Crippen LogP contribution in [0.2, 0.25) is 15.1 Å². The lowest BCUT2D eigenvalue weighted by Crippen LogP contribution is -2.13. The summed E-state index contributed by atoms with van der Waals surface area (Å²) in [6.45, 7) is 9.73. The van der Waals surface area contributed by atoms with Crippen LogP contribution in [-0.2, 0) is 14.8 Å². The highest BCUT2D eigenvalue weighted by molar-refractivity contribution is 7.89. The normalized spacial score (nSPS) is 11.7. The van der Waals surface area contributed by atoms with Crippen molar-refractivity contribution in [1.29, 1.82) is 0 Å². The number of hydrogen-bond acceptors (Lipinski definition) is 7. The molecule has 0 spiro atoms. The smallest absolute Gasteiger partial charge is 0.252 e. The average Bonchev–Trinajstić information content (AvgIpc) is 3.43. The van der Waals surface area contributed by atoms with Crippen LogP contribution in [0.15, 0.2) is 45.6 Å². The van der Waals surface area contributed by atoms with Crippen LogP contribution >= 0.6 is 34.8 Å². The SMILES string of the molecule is [C-]#[N+]c1cnn(-c2cc(Cl)c(S(N)(=O)=O)cc2Cl)c1N=Nc1cc(Cl)c(O)c(NC(=O)CCCCCCCCCCCCCCC)c1. The minimum Gasteiger partial charge on any atom is -0.504 e. The number of amides is 1. The molecule has 1 amide bonds. The summed E-state index contributed by atoms with van der Waals surface area (Å²) in [5, 5.41) is 30.4. The molecule has 0 unspecified atom stereocenters. The molecular formula is C32H40Cl3N7O4S. The quantitative estimate of drug-likeness (QED) is 0.0485. The Bertz CT molecular complexity index is 1710. The number of carbonyl (C=O) groups excluding carboxylic acids is 1. The fourth-order valence-electron chi connectivity index (χ4n) is 4.94. The Morgan fingerprint density at radius 2 is 1.51 bits per heavy atom. The zero-order valence-electron chi connectivity index (χ0n) is 26.3. The van der Waals surface area contributed by atoms with Gasteiger partial charge in [0.1, 0.15) is 4.90 Å². The number of azo groups is 1. The van der Waals surface area contributed by atoms with Gasteiger partial charge in [0, 0.05) is 6.42 Å². The van der Waals surface area contributed by atoms with Crippen molar-refractivity contribution in [1.82, 2.24) is 9.78 Å². The summed E-state index contributed by atoms with van der Waals surface area (Å²) in [6, 6.07) is 5.04. The van der Waals surface area contributed by atoms with Crippen LogP contribution < -0.4 is 10.5 Å². The number of primary sulfonamides is 1. The molecule has 1 heterocycles.